The van der Waals surface area contributed by atoms with Crippen LogP contribution in [-0.2, 0) is 23.1 Å². The molecule has 0 spiro atoms. The molecule has 112 valence electrons. The minimum Gasteiger partial charge on any atom is -0.363 e. The van der Waals surface area contributed by atoms with Crippen LogP contribution in [0.3, 0.4) is 0 Å². The van der Waals surface area contributed by atoms with Crippen LogP contribution in [0, 0.1) is 0 Å². The Labute approximate surface area is 121 Å². The molecule has 0 aliphatic carbocycles. The number of aryl methyl sites for hydroxylation is 1. The van der Waals surface area contributed by atoms with Crippen LogP contribution in [0.4, 0.5) is 0 Å². The van der Waals surface area contributed by atoms with Crippen LogP contribution >= 0.6 is 0 Å². The van der Waals surface area contributed by atoms with E-state index >= 15 is 0 Å². The van der Waals surface area contributed by atoms with Crippen LogP contribution in [0.1, 0.15) is 12.8 Å². The fourth-order valence-electron chi connectivity index (χ4n) is 2.87. The van der Waals surface area contributed by atoms with Gasteiger partial charge < -0.3 is 4.74 Å². The van der Waals surface area contributed by atoms with Crippen molar-refractivity contribution >= 4 is 16.9 Å². The number of para-hydroxylation sites is 2. The molecule has 21 heavy (non-hydrogen) atoms. The number of hydrogen-bond acceptors (Lipinski definition) is 4. The SMILES string of the molecule is Cn1c(=O)n(CC2CCC(C(=O)NN)O2)c2ccccc21. The molecule has 0 bridgehead atoms. The van der Waals surface area contributed by atoms with E-state index in [0.29, 0.717) is 13.0 Å². The summed E-state index contributed by atoms with van der Waals surface area (Å²) in [7, 11) is 1.75. The maximum atomic E-state index is 12.3. The summed E-state index contributed by atoms with van der Waals surface area (Å²) in [5, 5.41) is 0. The van der Waals surface area contributed by atoms with Crippen LogP contribution in [0.5, 0.6) is 0 Å². The lowest BCUT2D eigenvalue weighted by atomic mass is 10.2. The average Bonchev–Trinajstić information content (AvgIpc) is 3.07. The number of nitrogens with zero attached hydrogens (tertiary/aromatic N) is 2. The number of benzene rings is 1. The molecule has 1 saturated heterocycles. The summed E-state index contributed by atoms with van der Waals surface area (Å²) >= 11 is 0. The molecule has 0 saturated carbocycles. The van der Waals surface area contributed by atoms with Crippen molar-refractivity contribution in [2.24, 2.45) is 12.9 Å². The summed E-state index contributed by atoms with van der Waals surface area (Å²) in [4.78, 5) is 23.8. The minimum atomic E-state index is -0.523. The third-order valence-electron chi connectivity index (χ3n) is 3.98. The van der Waals surface area contributed by atoms with E-state index in [9.17, 15) is 9.59 Å². The first-order valence-corrected chi connectivity index (χ1v) is 6.92. The molecule has 3 N–H and O–H groups in total. The van der Waals surface area contributed by atoms with Crippen LogP contribution in [0.2, 0.25) is 0 Å². The van der Waals surface area contributed by atoms with Crippen molar-refractivity contribution in [1.82, 2.24) is 14.6 Å². The Morgan fingerprint density at radius 2 is 2.10 bits per heavy atom. The first-order valence-electron chi connectivity index (χ1n) is 6.92. The Hall–Kier alpha value is -2.12. The first-order chi connectivity index (χ1) is 10.1. The van der Waals surface area contributed by atoms with Gasteiger partial charge in [-0.2, -0.15) is 0 Å². The van der Waals surface area contributed by atoms with Crippen molar-refractivity contribution in [3.8, 4) is 0 Å². The van der Waals surface area contributed by atoms with Crippen LogP contribution in [0.15, 0.2) is 29.1 Å². The molecule has 1 amide bonds. The van der Waals surface area contributed by atoms with E-state index in [2.05, 4.69) is 5.43 Å². The number of ether oxygens (including phenoxy) is 1. The van der Waals surface area contributed by atoms with Gasteiger partial charge in [-0.15, -0.1) is 0 Å². The van der Waals surface area contributed by atoms with Crippen molar-refractivity contribution < 1.29 is 9.53 Å². The fourth-order valence-corrected chi connectivity index (χ4v) is 2.87. The number of hydrogen-bond donors (Lipinski definition) is 2. The van der Waals surface area contributed by atoms with Gasteiger partial charge in [0, 0.05) is 7.05 Å². The fraction of sp³-hybridized carbons (Fsp3) is 0.429. The Bertz CT molecular complexity index is 733. The number of nitrogens with two attached hydrogens (primary N) is 1. The van der Waals surface area contributed by atoms with Gasteiger partial charge in [-0.05, 0) is 25.0 Å². The van der Waals surface area contributed by atoms with Gasteiger partial charge in [-0.1, -0.05) is 12.1 Å². The highest BCUT2D eigenvalue weighted by Crippen LogP contribution is 2.22. The van der Waals surface area contributed by atoms with E-state index in [1.54, 1.807) is 16.2 Å². The van der Waals surface area contributed by atoms with Gasteiger partial charge in [-0.3, -0.25) is 19.4 Å². The average molecular weight is 290 g/mol. The molecule has 1 fully saturated rings. The number of rotatable bonds is 3. The molecule has 1 aromatic heterocycles. The summed E-state index contributed by atoms with van der Waals surface area (Å²) in [6.07, 6.45) is 0.669. The van der Waals surface area contributed by atoms with E-state index in [-0.39, 0.29) is 17.7 Å². The van der Waals surface area contributed by atoms with Gasteiger partial charge in [0.1, 0.15) is 6.10 Å². The highest BCUT2D eigenvalue weighted by atomic mass is 16.5. The predicted octanol–water partition coefficient (Wildman–Crippen LogP) is -0.122. The Kier molecular flexibility index (Phi) is 3.52. The zero-order valence-electron chi connectivity index (χ0n) is 11.8. The highest BCUT2D eigenvalue weighted by molar-refractivity contribution is 5.80. The molecule has 1 aliphatic heterocycles. The van der Waals surface area contributed by atoms with E-state index in [1.165, 1.54) is 0 Å². The van der Waals surface area contributed by atoms with Crippen molar-refractivity contribution in [3.63, 3.8) is 0 Å². The minimum absolute atomic E-state index is 0.0773. The maximum Gasteiger partial charge on any atom is 0.328 e. The van der Waals surface area contributed by atoms with E-state index in [1.807, 2.05) is 24.3 Å². The molecule has 3 rings (SSSR count). The molecule has 7 heteroatoms. The van der Waals surface area contributed by atoms with Gasteiger partial charge in [-0.25, -0.2) is 10.6 Å². The number of nitrogens with one attached hydrogen (secondary N) is 1. The third kappa shape index (κ3) is 2.34. The molecule has 2 heterocycles. The quantitative estimate of drug-likeness (QED) is 0.468. The lowest BCUT2D eigenvalue weighted by Crippen LogP contribution is -2.39. The molecule has 2 aromatic rings. The molecule has 0 radical (unpaired) electrons. The standard InChI is InChI=1S/C14H18N4O3/c1-17-10-4-2-3-5-11(10)18(14(17)20)8-9-6-7-12(21-9)13(19)16-15/h2-5,9,12H,6-8,15H2,1H3,(H,16,19). The largest absolute Gasteiger partial charge is 0.363 e. The number of fused-ring (bicyclic) bond motifs is 1. The van der Waals surface area contributed by atoms with Gasteiger partial charge in [0.05, 0.1) is 23.7 Å². The Morgan fingerprint density at radius 3 is 2.81 bits per heavy atom. The number of imidazole rings is 1. The van der Waals surface area contributed by atoms with Crippen molar-refractivity contribution in [2.45, 2.75) is 31.6 Å². The number of amides is 1. The lowest BCUT2D eigenvalue weighted by molar-refractivity contribution is -0.132. The zero-order chi connectivity index (χ0) is 15.0. The third-order valence-corrected chi connectivity index (χ3v) is 3.98. The second-order valence-corrected chi connectivity index (χ2v) is 5.27. The normalized spacial score (nSPS) is 21.8. The monoisotopic (exact) mass is 290 g/mol. The summed E-state index contributed by atoms with van der Waals surface area (Å²) < 4.78 is 8.99. The number of aromatic nitrogens is 2. The van der Waals surface area contributed by atoms with Gasteiger partial charge in [0.25, 0.3) is 5.91 Å². The molecule has 7 nitrogen and oxygen atoms in total. The van der Waals surface area contributed by atoms with E-state index < -0.39 is 6.10 Å². The second-order valence-electron chi connectivity index (χ2n) is 5.27. The Morgan fingerprint density at radius 1 is 1.38 bits per heavy atom. The summed E-state index contributed by atoms with van der Waals surface area (Å²) in [5.74, 6) is 4.80. The molecule has 1 aromatic carbocycles. The molecule has 2 unspecified atom stereocenters. The molecule has 2 atom stereocenters. The summed E-state index contributed by atoms with van der Waals surface area (Å²) in [6.45, 7) is 0.439. The molecular formula is C14H18N4O3. The van der Waals surface area contributed by atoms with Crippen LogP contribution < -0.4 is 17.0 Å². The van der Waals surface area contributed by atoms with Gasteiger partial charge >= 0.3 is 5.69 Å². The lowest BCUT2D eigenvalue weighted by Gasteiger charge is -2.13. The zero-order valence-corrected chi connectivity index (χ0v) is 11.8. The summed E-state index contributed by atoms with van der Waals surface area (Å²) in [6, 6.07) is 7.63. The van der Waals surface area contributed by atoms with Gasteiger partial charge in [0.15, 0.2) is 0 Å². The predicted molar refractivity (Wildman–Crippen MR) is 77.4 cm³/mol. The second kappa shape index (κ2) is 5.34. The van der Waals surface area contributed by atoms with Crippen molar-refractivity contribution in [1.29, 1.82) is 0 Å². The maximum absolute atomic E-state index is 12.3. The van der Waals surface area contributed by atoms with E-state index in [4.69, 9.17) is 10.6 Å². The topological polar surface area (TPSA) is 91.3 Å². The van der Waals surface area contributed by atoms with Crippen molar-refractivity contribution in [3.05, 3.63) is 34.7 Å². The smallest absolute Gasteiger partial charge is 0.328 e. The van der Waals surface area contributed by atoms with Crippen LogP contribution in [-0.4, -0.2) is 27.2 Å². The van der Waals surface area contributed by atoms with E-state index in [0.717, 1.165) is 17.5 Å². The molecular weight excluding hydrogens is 272 g/mol. The molecule has 1 aliphatic rings. The van der Waals surface area contributed by atoms with Gasteiger partial charge in [0.2, 0.25) is 0 Å². The number of hydrazine groups is 1. The van der Waals surface area contributed by atoms with Crippen LogP contribution in [0.25, 0.3) is 11.0 Å². The Balaban J connectivity index is 1.85. The number of carbonyl (C=O) groups excluding carboxylic acids is 1. The highest BCUT2D eigenvalue weighted by Gasteiger charge is 2.31. The first kappa shape index (κ1) is 13.8. The van der Waals surface area contributed by atoms with Crippen molar-refractivity contribution in [2.75, 3.05) is 0 Å². The number of carbonyl (C=O) groups is 1. The summed E-state index contributed by atoms with van der Waals surface area (Å²) in [5.41, 5.74) is 3.78.